The molecule has 0 spiro atoms. The van der Waals surface area contributed by atoms with Gasteiger partial charge in [0.25, 0.3) is 0 Å². The minimum absolute atomic E-state index is 0.0533. The Bertz CT molecular complexity index is 1320. The molecule has 10 heteroatoms. The SMILES string of the molecule is CCc1ccc2nc(N3CCN(C(=O)C4CCCN(S(=O)(=O)c5ccc(Cl)cc5)C4)CC3)sc2c1. The van der Waals surface area contributed by atoms with Crippen molar-refractivity contribution in [1.29, 1.82) is 0 Å². The molecule has 1 amide bonds. The highest BCUT2D eigenvalue weighted by Gasteiger charge is 2.36. The fraction of sp³-hybridized carbons (Fsp3) is 0.440. The van der Waals surface area contributed by atoms with Crippen molar-refractivity contribution in [2.24, 2.45) is 5.92 Å². The summed E-state index contributed by atoms with van der Waals surface area (Å²) in [6.45, 7) is 5.50. The molecule has 1 atom stereocenters. The molecule has 2 saturated heterocycles. The smallest absolute Gasteiger partial charge is 0.243 e. The van der Waals surface area contributed by atoms with Gasteiger partial charge < -0.3 is 9.80 Å². The normalized spacial score (nSPS) is 19.9. The van der Waals surface area contributed by atoms with Gasteiger partial charge in [0.1, 0.15) is 0 Å². The zero-order valence-corrected chi connectivity index (χ0v) is 22.1. The summed E-state index contributed by atoms with van der Waals surface area (Å²) in [6.07, 6.45) is 2.39. The average Bonchev–Trinajstić information content (AvgIpc) is 3.32. The maximum absolute atomic E-state index is 13.3. The van der Waals surface area contributed by atoms with Crippen LogP contribution in [0.4, 0.5) is 5.13 Å². The quantitative estimate of drug-likeness (QED) is 0.491. The van der Waals surface area contributed by atoms with E-state index in [9.17, 15) is 13.2 Å². The molecule has 35 heavy (non-hydrogen) atoms. The summed E-state index contributed by atoms with van der Waals surface area (Å²) in [6, 6.07) is 12.6. The molecule has 7 nitrogen and oxygen atoms in total. The molecule has 0 radical (unpaired) electrons. The molecular formula is C25H29ClN4O3S2. The minimum atomic E-state index is -3.65. The largest absolute Gasteiger partial charge is 0.345 e. The Hall–Kier alpha value is -2.20. The molecule has 186 valence electrons. The van der Waals surface area contributed by atoms with E-state index >= 15 is 0 Å². The minimum Gasteiger partial charge on any atom is -0.345 e. The Morgan fingerprint density at radius 1 is 1.09 bits per heavy atom. The summed E-state index contributed by atoms with van der Waals surface area (Å²) in [7, 11) is -3.65. The Morgan fingerprint density at radius 3 is 2.54 bits per heavy atom. The topological polar surface area (TPSA) is 73.8 Å². The summed E-state index contributed by atoms with van der Waals surface area (Å²) in [5.74, 6) is -0.259. The molecule has 2 fully saturated rings. The van der Waals surface area contributed by atoms with E-state index < -0.39 is 10.0 Å². The third kappa shape index (κ3) is 5.05. The third-order valence-electron chi connectivity index (χ3n) is 6.90. The van der Waals surface area contributed by atoms with Crippen LogP contribution in [0.2, 0.25) is 5.02 Å². The first kappa shape index (κ1) is 24.5. The molecular weight excluding hydrogens is 504 g/mol. The zero-order valence-electron chi connectivity index (χ0n) is 19.7. The van der Waals surface area contributed by atoms with E-state index in [1.54, 1.807) is 23.5 Å². The van der Waals surface area contributed by atoms with Crippen LogP contribution in [0.15, 0.2) is 47.4 Å². The van der Waals surface area contributed by atoms with E-state index in [4.69, 9.17) is 16.6 Å². The van der Waals surface area contributed by atoms with E-state index in [-0.39, 0.29) is 23.3 Å². The van der Waals surface area contributed by atoms with Crippen molar-refractivity contribution >= 4 is 54.2 Å². The Labute approximate surface area is 215 Å². The molecule has 1 unspecified atom stereocenters. The van der Waals surface area contributed by atoms with Gasteiger partial charge in [-0.1, -0.05) is 35.9 Å². The van der Waals surface area contributed by atoms with Gasteiger partial charge in [-0.15, -0.1) is 0 Å². The maximum Gasteiger partial charge on any atom is 0.243 e. The van der Waals surface area contributed by atoms with Crippen molar-refractivity contribution in [2.45, 2.75) is 31.1 Å². The predicted molar refractivity (Wildman–Crippen MR) is 141 cm³/mol. The van der Waals surface area contributed by atoms with Crippen molar-refractivity contribution in [3.8, 4) is 0 Å². The number of aromatic nitrogens is 1. The van der Waals surface area contributed by atoms with Crippen molar-refractivity contribution in [2.75, 3.05) is 44.2 Å². The number of aryl methyl sites for hydroxylation is 1. The van der Waals surface area contributed by atoms with Gasteiger partial charge in [-0.05, 0) is 61.2 Å². The van der Waals surface area contributed by atoms with Gasteiger partial charge in [-0.3, -0.25) is 4.79 Å². The highest BCUT2D eigenvalue weighted by molar-refractivity contribution is 7.89. The zero-order chi connectivity index (χ0) is 24.6. The molecule has 2 aliphatic heterocycles. The van der Waals surface area contributed by atoms with Gasteiger partial charge in [0, 0.05) is 44.3 Å². The molecule has 3 aromatic rings. The fourth-order valence-electron chi connectivity index (χ4n) is 4.81. The van der Waals surface area contributed by atoms with Crippen molar-refractivity contribution in [3.63, 3.8) is 0 Å². The van der Waals surface area contributed by atoms with E-state index in [2.05, 4.69) is 30.0 Å². The fourth-order valence-corrected chi connectivity index (χ4v) is 7.54. The summed E-state index contributed by atoms with van der Waals surface area (Å²) < 4.78 is 28.8. The molecule has 1 aromatic heterocycles. The van der Waals surface area contributed by atoms with Gasteiger partial charge in [0.2, 0.25) is 15.9 Å². The van der Waals surface area contributed by atoms with Gasteiger partial charge in [0.05, 0.1) is 21.0 Å². The number of hydrogen-bond donors (Lipinski definition) is 0. The number of fused-ring (bicyclic) bond motifs is 1. The highest BCUT2D eigenvalue weighted by Crippen LogP contribution is 2.31. The van der Waals surface area contributed by atoms with Gasteiger partial charge in [-0.25, -0.2) is 13.4 Å². The Morgan fingerprint density at radius 2 is 1.83 bits per heavy atom. The van der Waals surface area contributed by atoms with Crippen LogP contribution in [-0.4, -0.2) is 67.8 Å². The van der Waals surface area contributed by atoms with E-state index in [1.165, 1.54) is 26.7 Å². The van der Waals surface area contributed by atoms with Crippen molar-refractivity contribution in [1.82, 2.24) is 14.2 Å². The van der Waals surface area contributed by atoms with Crippen LogP contribution in [-0.2, 0) is 21.2 Å². The second-order valence-electron chi connectivity index (χ2n) is 9.12. The van der Waals surface area contributed by atoms with Crippen molar-refractivity contribution < 1.29 is 13.2 Å². The van der Waals surface area contributed by atoms with Crippen LogP contribution in [0.5, 0.6) is 0 Å². The molecule has 0 bridgehead atoms. The number of anilines is 1. The van der Waals surface area contributed by atoms with Gasteiger partial charge in [-0.2, -0.15) is 4.31 Å². The van der Waals surface area contributed by atoms with Crippen LogP contribution in [0, 0.1) is 5.92 Å². The number of carbonyl (C=O) groups is 1. The van der Waals surface area contributed by atoms with E-state index in [0.29, 0.717) is 37.5 Å². The number of carbonyl (C=O) groups excluding carboxylic acids is 1. The summed E-state index contributed by atoms with van der Waals surface area (Å²) in [5, 5.41) is 1.49. The Balaban J connectivity index is 1.21. The second-order valence-corrected chi connectivity index (χ2v) is 12.5. The number of halogens is 1. The summed E-state index contributed by atoms with van der Waals surface area (Å²) in [4.78, 5) is 22.5. The predicted octanol–water partition coefficient (Wildman–Crippen LogP) is 4.26. The van der Waals surface area contributed by atoms with Crippen LogP contribution in [0.3, 0.4) is 0 Å². The number of piperazine rings is 1. The Kier molecular flexibility index (Phi) is 7.03. The van der Waals surface area contributed by atoms with E-state index in [0.717, 1.165) is 30.2 Å². The lowest BCUT2D eigenvalue weighted by Crippen LogP contribution is -2.53. The number of amides is 1. The highest BCUT2D eigenvalue weighted by atomic mass is 35.5. The molecule has 2 aliphatic rings. The lowest BCUT2D eigenvalue weighted by atomic mass is 9.98. The summed E-state index contributed by atoms with van der Waals surface area (Å²) >= 11 is 7.62. The molecule has 2 aromatic carbocycles. The number of thiazole rings is 1. The third-order valence-corrected chi connectivity index (χ3v) is 10.1. The first-order valence-electron chi connectivity index (χ1n) is 12.0. The number of sulfonamides is 1. The number of rotatable bonds is 5. The lowest BCUT2D eigenvalue weighted by Gasteiger charge is -2.38. The first-order chi connectivity index (χ1) is 16.8. The molecule has 5 rings (SSSR count). The number of hydrogen-bond acceptors (Lipinski definition) is 6. The van der Waals surface area contributed by atoms with Crippen LogP contribution < -0.4 is 4.90 Å². The molecule has 3 heterocycles. The molecule has 0 N–H and O–H groups in total. The first-order valence-corrected chi connectivity index (χ1v) is 14.7. The summed E-state index contributed by atoms with van der Waals surface area (Å²) in [5.41, 5.74) is 2.33. The molecule has 0 saturated carbocycles. The average molecular weight is 533 g/mol. The monoisotopic (exact) mass is 532 g/mol. The van der Waals surface area contributed by atoms with E-state index in [1.807, 2.05) is 4.90 Å². The number of benzene rings is 2. The van der Waals surface area contributed by atoms with Gasteiger partial charge >= 0.3 is 0 Å². The second kappa shape index (κ2) is 10.0. The van der Waals surface area contributed by atoms with Crippen LogP contribution in [0.25, 0.3) is 10.2 Å². The molecule has 0 aliphatic carbocycles. The van der Waals surface area contributed by atoms with Crippen LogP contribution >= 0.6 is 22.9 Å². The number of piperidine rings is 1. The van der Waals surface area contributed by atoms with Gasteiger partial charge in [0.15, 0.2) is 5.13 Å². The number of nitrogens with zero attached hydrogens (tertiary/aromatic N) is 4. The lowest BCUT2D eigenvalue weighted by molar-refractivity contribution is -0.137. The van der Waals surface area contributed by atoms with Crippen molar-refractivity contribution in [3.05, 3.63) is 53.1 Å². The maximum atomic E-state index is 13.3. The van der Waals surface area contributed by atoms with Crippen LogP contribution in [0.1, 0.15) is 25.3 Å². The standard InChI is InChI=1S/C25H29ClN4O3S2/c1-2-18-5-10-22-23(16-18)34-25(27-22)29-14-12-28(13-15-29)24(31)19-4-3-11-30(17-19)35(32,33)21-8-6-20(26)7-9-21/h5-10,16,19H,2-4,11-15,17H2,1H3.